The van der Waals surface area contributed by atoms with Gasteiger partial charge in [0.1, 0.15) is 17.0 Å². The van der Waals surface area contributed by atoms with E-state index in [-0.39, 0.29) is 28.9 Å². The van der Waals surface area contributed by atoms with Crippen molar-refractivity contribution in [1.82, 2.24) is 9.97 Å². The van der Waals surface area contributed by atoms with Crippen LogP contribution in [-0.4, -0.2) is 27.7 Å². The van der Waals surface area contributed by atoms with E-state index in [4.69, 9.17) is 5.73 Å². The van der Waals surface area contributed by atoms with Gasteiger partial charge in [0.15, 0.2) is 0 Å². The highest BCUT2D eigenvalue weighted by molar-refractivity contribution is 7.18. The number of fused-ring (bicyclic) bond motifs is 1. The highest BCUT2D eigenvalue weighted by Crippen LogP contribution is 2.34. The van der Waals surface area contributed by atoms with Crippen molar-refractivity contribution < 1.29 is 13.2 Å². The molecule has 1 fully saturated rings. The second kappa shape index (κ2) is 6.41. The van der Waals surface area contributed by atoms with Crippen molar-refractivity contribution in [2.24, 2.45) is 5.73 Å². The van der Waals surface area contributed by atoms with Crippen LogP contribution in [0, 0.1) is 0 Å². The monoisotopic (exact) mass is 366 g/mol. The lowest BCUT2D eigenvalue weighted by atomic mass is 10.0. The summed E-state index contributed by atoms with van der Waals surface area (Å²) in [6.07, 6.45) is -1.10. The molecule has 1 saturated carbocycles. The average Bonchev–Trinajstić information content (AvgIpc) is 2.90. The van der Waals surface area contributed by atoms with E-state index in [1.165, 1.54) is 12.4 Å². The standard InChI is InChI=1S/C14H17F3N4S.ClH/c1-13(18)3-2-8(5-13)21-11-10-4-9(6-14(15,16)17)22-12(10)20-7-19-11;/h4,7-8H,2-3,5-6,18H2,1H3,(H,19,20,21);1H. The SMILES string of the molecule is CC1(N)CCC(Nc2ncnc3sc(CC(F)(F)F)cc23)C1.Cl. The Morgan fingerprint density at radius 2 is 2.17 bits per heavy atom. The molecular weight excluding hydrogens is 349 g/mol. The van der Waals surface area contributed by atoms with Crippen LogP contribution in [-0.2, 0) is 6.42 Å². The molecule has 2 heterocycles. The lowest BCUT2D eigenvalue weighted by Gasteiger charge is -2.18. The Morgan fingerprint density at radius 1 is 1.43 bits per heavy atom. The Kier molecular flexibility index (Phi) is 5.08. The van der Waals surface area contributed by atoms with E-state index in [9.17, 15) is 13.2 Å². The number of anilines is 1. The minimum atomic E-state index is -4.21. The first-order valence-corrected chi connectivity index (χ1v) is 7.89. The third-order valence-electron chi connectivity index (χ3n) is 3.87. The molecule has 2 aromatic rings. The summed E-state index contributed by atoms with van der Waals surface area (Å²) in [6.45, 7) is 2.01. The number of hydrogen-bond donors (Lipinski definition) is 2. The molecule has 0 amide bonds. The quantitative estimate of drug-likeness (QED) is 0.864. The number of nitrogens with one attached hydrogen (secondary N) is 1. The van der Waals surface area contributed by atoms with Gasteiger partial charge >= 0.3 is 6.18 Å². The van der Waals surface area contributed by atoms with Crippen LogP contribution >= 0.6 is 23.7 Å². The first-order chi connectivity index (χ1) is 10.2. The van der Waals surface area contributed by atoms with Crippen molar-refractivity contribution in [2.45, 2.75) is 50.4 Å². The van der Waals surface area contributed by atoms with Crippen molar-refractivity contribution in [3.8, 4) is 0 Å². The largest absolute Gasteiger partial charge is 0.393 e. The van der Waals surface area contributed by atoms with E-state index < -0.39 is 12.6 Å². The van der Waals surface area contributed by atoms with E-state index in [1.807, 2.05) is 6.92 Å². The number of nitrogens with two attached hydrogens (primary N) is 1. The number of nitrogens with zero attached hydrogens (tertiary/aromatic N) is 2. The van der Waals surface area contributed by atoms with Gasteiger partial charge in [-0.1, -0.05) is 0 Å². The lowest BCUT2D eigenvalue weighted by molar-refractivity contribution is -0.126. The number of alkyl halides is 3. The Morgan fingerprint density at radius 3 is 2.78 bits per heavy atom. The molecule has 0 spiro atoms. The normalized spacial score (nSPS) is 24.7. The van der Waals surface area contributed by atoms with E-state index in [2.05, 4.69) is 15.3 Å². The number of halogens is 4. The van der Waals surface area contributed by atoms with Gasteiger partial charge in [-0.2, -0.15) is 13.2 Å². The van der Waals surface area contributed by atoms with E-state index in [0.717, 1.165) is 30.6 Å². The number of thiophene rings is 1. The summed E-state index contributed by atoms with van der Waals surface area (Å²) < 4.78 is 37.6. The van der Waals surface area contributed by atoms with Crippen LogP contribution in [0.3, 0.4) is 0 Å². The maximum absolute atomic E-state index is 12.5. The number of hydrogen-bond acceptors (Lipinski definition) is 5. The maximum Gasteiger partial charge on any atom is 0.393 e. The minimum Gasteiger partial charge on any atom is -0.367 e. The van der Waals surface area contributed by atoms with Gasteiger partial charge in [0.05, 0.1) is 11.8 Å². The molecule has 23 heavy (non-hydrogen) atoms. The molecule has 0 aliphatic heterocycles. The summed E-state index contributed by atoms with van der Waals surface area (Å²) in [5.41, 5.74) is 5.92. The van der Waals surface area contributed by atoms with Crippen LogP contribution in [0.5, 0.6) is 0 Å². The fourth-order valence-electron chi connectivity index (χ4n) is 2.89. The molecule has 0 bridgehead atoms. The zero-order valence-electron chi connectivity index (χ0n) is 12.5. The summed E-state index contributed by atoms with van der Waals surface area (Å²) in [5.74, 6) is 0.595. The van der Waals surface area contributed by atoms with Crippen LogP contribution in [0.1, 0.15) is 31.1 Å². The molecule has 128 valence electrons. The Hall–Kier alpha value is -1.12. The van der Waals surface area contributed by atoms with Gasteiger partial charge in [-0.3, -0.25) is 0 Å². The van der Waals surface area contributed by atoms with Crippen LogP contribution in [0.2, 0.25) is 0 Å². The van der Waals surface area contributed by atoms with Gasteiger partial charge in [-0.05, 0) is 32.3 Å². The predicted molar refractivity (Wildman–Crippen MR) is 88.3 cm³/mol. The van der Waals surface area contributed by atoms with Crippen LogP contribution < -0.4 is 11.1 Å². The smallest absolute Gasteiger partial charge is 0.367 e. The Bertz CT molecular complexity index is 686. The summed E-state index contributed by atoms with van der Waals surface area (Å²) in [6, 6.07) is 1.73. The lowest BCUT2D eigenvalue weighted by Crippen LogP contribution is -2.34. The number of aromatic nitrogens is 2. The summed E-state index contributed by atoms with van der Waals surface area (Å²) >= 11 is 1.06. The van der Waals surface area contributed by atoms with E-state index in [1.54, 1.807) is 0 Å². The van der Waals surface area contributed by atoms with Gasteiger partial charge in [0.2, 0.25) is 0 Å². The highest BCUT2D eigenvalue weighted by atomic mass is 35.5. The van der Waals surface area contributed by atoms with Crippen molar-refractivity contribution in [3.05, 3.63) is 17.3 Å². The van der Waals surface area contributed by atoms with Crippen molar-refractivity contribution in [1.29, 1.82) is 0 Å². The van der Waals surface area contributed by atoms with Crippen LogP contribution in [0.15, 0.2) is 12.4 Å². The van der Waals surface area contributed by atoms with Crippen LogP contribution in [0.25, 0.3) is 10.2 Å². The molecule has 2 aromatic heterocycles. The second-order valence-corrected chi connectivity index (χ2v) is 7.30. The third kappa shape index (κ3) is 4.45. The molecule has 4 nitrogen and oxygen atoms in total. The molecule has 1 aliphatic rings. The molecule has 9 heteroatoms. The predicted octanol–water partition coefficient (Wildman–Crippen LogP) is 3.90. The Labute approximate surface area is 142 Å². The summed E-state index contributed by atoms with van der Waals surface area (Å²) in [5, 5.41) is 3.96. The van der Waals surface area contributed by atoms with Gasteiger partial charge in [-0.25, -0.2) is 9.97 Å². The van der Waals surface area contributed by atoms with E-state index in [0.29, 0.717) is 16.0 Å². The Balaban J connectivity index is 0.00000192. The van der Waals surface area contributed by atoms with Gasteiger partial charge in [0, 0.05) is 16.5 Å². The molecule has 0 radical (unpaired) electrons. The fraction of sp³-hybridized carbons (Fsp3) is 0.571. The average molecular weight is 367 g/mol. The zero-order valence-corrected chi connectivity index (χ0v) is 14.1. The van der Waals surface area contributed by atoms with Gasteiger partial charge < -0.3 is 11.1 Å². The van der Waals surface area contributed by atoms with Crippen molar-refractivity contribution in [2.75, 3.05) is 5.32 Å². The molecule has 2 unspecified atom stereocenters. The fourth-order valence-corrected chi connectivity index (χ4v) is 3.92. The molecule has 3 rings (SSSR count). The number of rotatable bonds is 3. The summed E-state index contributed by atoms with van der Waals surface area (Å²) in [4.78, 5) is 9.09. The van der Waals surface area contributed by atoms with E-state index >= 15 is 0 Å². The van der Waals surface area contributed by atoms with Crippen molar-refractivity contribution in [3.63, 3.8) is 0 Å². The molecule has 0 aromatic carbocycles. The molecular formula is C14H18ClF3N4S. The first kappa shape index (κ1) is 18.2. The molecule has 3 N–H and O–H groups in total. The van der Waals surface area contributed by atoms with Crippen LogP contribution in [0.4, 0.5) is 19.0 Å². The minimum absolute atomic E-state index is 0. The zero-order chi connectivity index (χ0) is 16.0. The maximum atomic E-state index is 12.5. The third-order valence-corrected chi connectivity index (χ3v) is 4.92. The topological polar surface area (TPSA) is 63.8 Å². The first-order valence-electron chi connectivity index (χ1n) is 7.07. The van der Waals surface area contributed by atoms with Gasteiger partial charge in [0.25, 0.3) is 0 Å². The molecule has 0 saturated heterocycles. The summed E-state index contributed by atoms with van der Waals surface area (Å²) in [7, 11) is 0. The van der Waals surface area contributed by atoms with Crippen molar-refractivity contribution >= 4 is 39.8 Å². The molecule has 1 aliphatic carbocycles. The highest BCUT2D eigenvalue weighted by Gasteiger charge is 2.32. The van der Waals surface area contributed by atoms with Gasteiger partial charge in [-0.15, -0.1) is 23.7 Å². The second-order valence-electron chi connectivity index (χ2n) is 6.18. The molecule has 2 atom stereocenters.